The summed E-state index contributed by atoms with van der Waals surface area (Å²) in [6, 6.07) is 7.83. The number of benzene rings is 1. The lowest BCUT2D eigenvalue weighted by atomic mass is 9.88. The van der Waals surface area contributed by atoms with Crippen LogP contribution in [0.3, 0.4) is 0 Å². The molecule has 2 rings (SSSR count). The van der Waals surface area contributed by atoms with Crippen molar-refractivity contribution in [1.82, 2.24) is 9.80 Å². The highest BCUT2D eigenvalue weighted by atomic mass is 16.3. The summed E-state index contributed by atoms with van der Waals surface area (Å²) in [6.45, 7) is 11.4. The highest BCUT2D eigenvalue weighted by Crippen LogP contribution is 2.33. The molecule has 0 aliphatic carbocycles. The number of nitrogens with zero attached hydrogens (tertiary/aromatic N) is 2. The van der Waals surface area contributed by atoms with Gasteiger partial charge in [-0.05, 0) is 55.5 Å². The van der Waals surface area contributed by atoms with E-state index in [4.69, 9.17) is 0 Å². The fourth-order valence-corrected chi connectivity index (χ4v) is 4.26. The van der Waals surface area contributed by atoms with Gasteiger partial charge in [-0.15, -0.1) is 0 Å². The van der Waals surface area contributed by atoms with Crippen LogP contribution >= 0.6 is 0 Å². The number of nitrogens with one attached hydrogen (secondary N) is 1. The Kier molecular flexibility index (Phi) is 8.77. The fourth-order valence-electron chi connectivity index (χ4n) is 4.26. The van der Waals surface area contributed by atoms with E-state index in [9.17, 15) is 9.90 Å². The summed E-state index contributed by atoms with van der Waals surface area (Å²) < 4.78 is 0. The Labute approximate surface area is 171 Å². The molecular weight excluding hydrogens is 350 g/mol. The molecule has 1 heterocycles. The maximum atomic E-state index is 13.0. The van der Waals surface area contributed by atoms with Gasteiger partial charge in [-0.1, -0.05) is 52.7 Å². The average molecular weight is 390 g/mol. The van der Waals surface area contributed by atoms with Gasteiger partial charge in [0.05, 0.1) is 12.6 Å². The van der Waals surface area contributed by atoms with Gasteiger partial charge in [0.1, 0.15) is 0 Å². The molecule has 1 saturated heterocycles. The van der Waals surface area contributed by atoms with Crippen LogP contribution in [0, 0.1) is 11.8 Å². The first kappa shape index (κ1) is 22.7. The van der Waals surface area contributed by atoms with Crippen LogP contribution in [0.1, 0.15) is 58.4 Å². The van der Waals surface area contributed by atoms with Crippen molar-refractivity contribution >= 4 is 11.7 Å². The van der Waals surface area contributed by atoms with E-state index in [1.54, 1.807) is 0 Å². The van der Waals surface area contributed by atoms with Crippen LogP contribution in [-0.4, -0.2) is 60.3 Å². The molecular formula is C23H39N3O2. The molecule has 28 heavy (non-hydrogen) atoms. The summed E-state index contributed by atoms with van der Waals surface area (Å²) in [6.07, 6.45) is 3.38. The van der Waals surface area contributed by atoms with E-state index in [1.807, 2.05) is 17.0 Å². The van der Waals surface area contributed by atoms with Gasteiger partial charge in [-0.3, -0.25) is 0 Å². The first-order valence-electron chi connectivity index (χ1n) is 10.9. The van der Waals surface area contributed by atoms with E-state index < -0.39 is 0 Å². The summed E-state index contributed by atoms with van der Waals surface area (Å²) in [5.74, 6) is 1.21. The number of aliphatic hydroxyl groups is 1. The van der Waals surface area contributed by atoms with Gasteiger partial charge in [0.2, 0.25) is 0 Å². The second kappa shape index (κ2) is 10.8. The number of urea groups is 1. The molecule has 158 valence electrons. The Morgan fingerprint density at radius 3 is 2.50 bits per heavy atom. The molecule has 1 aliphatic rings. The minimum Gasteiger partial charge on any atom is -0.394 e. The number of unbranched alkanes of at least 4 members (excludes halogenated alkanes) is 1. The lowest BCUT2D eigenvalue weighted by Gasteiger charge is -2.30. The highest BCUT2D eigenvalue weighted by molar-refractivity contribution is 5.89. The summed E-state index contributed by atoms with van der Waals surface area (Å²) >= 11 is 0. The number of aliphatic hydroxyl groups excluding tert-OH is 1. The molecule has 1 aromatic carbocycles. The van der Waals surface area contributed by atoms with E-state index in [0.29, 0.717) is 24.3 Å². The highest BCUT2D eigenvalue weighted by Gasteiger charge is 2.43. The lowest BCUT2D eigenvalue weighted by Crippen LogP contribution is -2.44. The van der Waals surface area contributed by atoms with E-state index in [-0.39, 0.29) is 18.7 Å². The molecule has 1 fully saturated rings. The van der Waals surface area contributed by atoms with Crippen LogP contribution in [0.25, 0.3) is 0 Å². The van der Waals surface area contributed by atoms with Crippen molar-refractivity contribution in [3.8, 4) is 0 Å². The van der Waals surface area contributed by atoms with Crippen LogP contribution in [0.15, 0.2) is 24.3 Å². The predicted octanol–water partition coefficient (Wildman–Crippen LogP) is 4.39. The lowest BCUT2D eigenvalue weighted by molar-refractivity contribution is 0.130. The quantitative estimate of drug-likeness (QED) is 0.658. The van der Waals surface area contributed by atoms with Crippen LogP contribution in [0.4, 0.5) is 10.5 Å². The number of rotatable bonds is 9. The maximum absolute atomic E-state index is 13.0. The average Bonchev–Trinajstić information content (AvgIpc) is 3.04. The first-order chi connectivity index (χ1) is 13.4. The molecule has 2 N–H and O–H groups in total. The van der Waals surface area contributed by atoms with Crippen molar-refractivity contribution in [2.75, 3.05) is 38.6 Å². The van der Waals surface area contributed by atoms with Crippen molar-refractivity contribution in [2.45, 2.75) is 58.9 Å². The molecule has 1 aliphatic heterocycles. The number of likely N-dealkylation sites (tertiary alicyclic amines) is 1. The van der Waals surface area contributed by atoms with E-state index in [2.05, 4.69) is 57.1 Å². The Morgan fingerprint density at radius 1 is 1.29 bits per heavy atom. The zero-order valence-corrected chi connectivity index (χ0v) is 18.3. The van der Waals surface area contributed by atoms with Crippen molar-refractivity contribution in [3.63, 3.8) is 0 Å². The molecule has 2 amide bonds. The van der Waals surface area contributed by atoms with Crippen LogP contribution in [0.2, 0.25) is 0 Å². The number of carbonyl (C=O) groups is 1. The Hall–Kier alpha value is -1.59. The van der Waals surface area contributed by atoms with Gasteiger partial charge in [-0.25, -0.2) is 4.79 Å². The Morgan fingerprint density at radius 2 is 1.96 bits per heavy atom. The van der Waals surface area contributed by atoms with Crippen molar-refractivity contribution in [1.29, 1.82) is 0 Å². The number of carbonyl (C=O) groups excluding carboxylic acids is 1. The minimum atomic E-state index is -0.121. The second-order valence-electron chi connectivity index (χ2n) is 8.56. The normalized spacial score (nSPS) is 22.3. The fraction of sp³-hybridized carbons (Fsp3) is 0.696. The molecule has 0 unspecified atom stereocenters. The number of hydrogen-bond donors (Lipinski definition) is 2. The number of hydrogen-bond acceptors (Lipinski definition) is 3. The van der Waals surface area contributed by atoms with Crippen molar-refractivity contribution in [2.24, 2.45) is 11.8 Å². The number of amides is 2. The molecule has 3 atom stereocenters. The zero-order valence-electron chi connectivity index (χ0n) is 18.3. The number of anilines is 1. The minimum absolute atomic E-state index is 0.0164. The first-order valence-corrected chi connectivity index (χ1v) is 10.9. The SMILES string of the molecule is CCCCN(C)C[C@@H]1[C@H](CC)CN(C(=O)Nc2ccc(C(C)C)cc2)[C@@H]1CO. The van der Waals surface area contributed by atoms with E-state index in [1.165, 1.54) is 18.4 Å². The third-order valence-electron chi connectivity index (χ3n) is 6.15. The van der Waals surface area contributed by atoms with Crippen LogP contribution < -0.4 is 5.32 Å². The van der Waals surface area contributed by atoms with Crippen LogP contribution in [0.5, 0.6) is 0 Å². The van der Waals surface area contributed by atoms with Gasteiger partial charge in [-0.2, -0.15) is 0 Å². The topological polar surface area (TPSA) is 55.8 Å². The third-order valence-corrected chi connectivity index (χ3v) is 6.15. The zero-order chi connectivity index (χ0) is 20.7. The molecule has 0 spiro atoms. The third kappa shape index (κ3) is 5.71. The smallest absolute Gasteiger partial charge is 0.322 e. The summed E-state index contributed by atoms with van der Waals surface area (Å²) in [5, 5.41) is 13.1. The van der Waals surface area contributed by atoms with Gasteiger partial charge in [0, 0.05) is 18.8 Å². The van der Waals surface area contributed by atoms with Gasteiger partial charge < -0.3 is 20.2 Å². The molecule has 1 aromatic rings. The van der Waals surface area contributed by atoms with E-state index in [0.717, 1.165) is 25.2 Å². The Bertz CT molecular complexity index is 602. The van der Waals surface area contributed by atoms with Gasteiger partial charge in [0.25, 0.3) is 0 Å². The predicted molar refractivity (Wildman–Crippen MR) is 117 cm³/mol. The summed E-state index contributed by atoms with van der Waals surface area (Å²) in [4.78, 5) is 17.2. The maximum Gasteiger partial charge on any atom is 0.322 e. The second-order valence-corrected chi connectivity index (χ2v) is 8.56. The van der Waals surface area contributed by atoms with Crippen molar-refractivity contribution < 1.29 is 9.90 Å². The molecule has 5 nitrogen and oxygen atoms in total. The summed E-state index contributed by atoms with van der Waals surface area (Å²) in [7, 11) is 2.15. The largest absolute Gasteiger partial charge is 0.394 e. The molecule has 0 aromatic heterocycles. The molecule has 0 bridgehead atoms. The van der Waals surface area contributed by atoms with Gasteiger partial charge in [0.15, 0.2) is 0 Å². The molecule has 0 saturated carbocycles. The standard InChI is InChI=1S/C23H39N3O2/c1-6-8-13-25(5)15-21-18(7-2)14-26(22(21)16-27)23(28)24-20-11-9-19(10-12-20)17(3)4/h9-12,17-18,21-22,27H,6-8,13-16H2,1-5H3,(H,24,28)/t18-,21-,22-/m1/s1. The molecule has 5 heteroatoms. The van der Waals surface area contributed by atoms with Crippen LogP contribution in [-0.2, 0) is 0 Å². The van der Waals surface area contributed by atoms with Gasteiger partial charge >= 0.3 is 6.03 Å². The molecule has 0 radical (unpaired) electrons. The Balaban J connectivity index is 2.05. The van der Waals surface area contributed by atoms with Crippen molar-refractivity contribution in [3.05, 3.63) is 29.8 Å². The van der Waals surface area contributed by atoms with E-state index >= 15 is 0 Å². The summed E-state index contributed by atoms with van der Waals surface area (Å²) in [5.41, 5.74) is 2.07. The monoisotopic (exact) mass is 389 g/mol.